The van der Waals surface area contributed by atoms with Gasteiger partial charge in [0.25, 0.3) is 0 Å². The van der Waals surface area contributed by atoms with Crippen LogP contribution in [0.25, 0.3) is 0 Å². The minimum atomic E-state index is -1.63. The molecule has 306 valence electrons. The number of fused-ring (bicyclic) bond motifs is 5. The number of hydrogen-bond acceptors (Lipinski definition) is 12. The molecule has 0 aromatic rings. The Kier molecular flexibility index (Phi) is 12.1. The maximum absolute atomic E-state index is 13.4. The third-order valence-corrected chi connectivity index (χ3v) is 15.0. The molecule has 6 rings (SSSR count). The van der Waals surface area contributed by atoms with Crippen LogP contribution >= 0.6 is 0 Å². The summed E-state index contributed by atoms with van der Waals surface area (Å²) in [7, 11) is 3.23. The summed E-state index contributed by atoms with van der Waals surface area (Å²) in [6, 6.07) is 0. The summed E-state index contributed by atoms with van der Waals surface area (Å²) in [5.74, 6) is -1.34. The Morgan fingerprint density at radius 1 is 0.926 bits per heavy atom. The summed E-state index contributed by atoms with van der Waals surface area (Å²) in [5.41, 5.74) is -2.73. The predicted octanol–water partition coefficient (Wildman–Crippen LogP) is 4.94. The van der Waals surface area contributed by atoms with Crippen molar-refractivity contribution in [1.82, 2.24) is 0 Å². The van der Waals surface area contributed by atoms with Crippen LogP contribution in [0.3, 0.4) is 0 Å². The van der Waals surface area contributed by atoms with Gasteiger partial charge in [-0.15, -0.1) is 0 Å². The molecule has 54 heavy (non-hydrogen) atoms. The first-order chi connectivity index (χ1) is 25.3. The number of carbonyl (C=O) groups excluding carboxylic acids is 2. The highest BCUT2D eigenvalue weighted by atomic mass is 16.7. The summed E-state index contributed by atoms with van der Waals surface area (Å²) < 4.78 is 43.1. The van der Waals surface area contributed by atoms with Crippen molar-refractivity contribution in [2.45, 2.75) is 186 Å². The fourth-order valence-electron chi connectivity index (χ4n) is 11.3. The normalized spacial score (nSPS) is 48.0. The number of esters is 1. The molecule has 12 heteroatoms. The van der Waals surface area contributed by atoms with Crippen molar-refractivity contribution in [1.29, 1.82) is 0 Å². The van der Waals surface area contributed by atoms with Gasteiger partial charge >= 0.3 is 5.97 Å². The summed E-state index contributed by atoms with van der Waals surface area (Å²) in [6.45, 7) is 15.2. The molecule has 12 nitrogen and oxygen atoms in total. The van der Waals surface area contributed by atoms with Crippen molar-refractivity contribution >= 4 is 11.8 Å². The number of carbonyl (C=O) groups is 2. The average molecular weight is 763 g/mol. The Labute approximate surface area is 321 Å². The lowest BCUT2D eigenvalue weighted by atomic mass is 9.43. The van der Waals surface area contributed by atoms with Gasteiger partial charge in [0.1, 0.15) is 35.3 Å². The first kappa shape index (κ1) is 41.9. The van der Waals surface area contributed by atoms with Crippen LogP contribution in [0.15, 0.2) is 23.3 Å². The fourth-order valence-corrected chi connectivity index (χ4v) is 11.3. The largest absolute Gasteiger partial charge is 0.458 e. The van der Waals surface area contributed by atoms with E-state index in [0.717, 1.165) is 11.1 Å². The van der Waals surface area contributed by atoms with Crippen LogP contribution in [0, 0.1) is 28.6 Å². The monoisotopic (exact) mass is 762 g/mol. The van der Waals surface area contributed by atoms with E-state index in [0.29, 0.717) is 44.9 Å². The third-order valence-electron chi connectivity index (χ3n) is 15.0. The standard InChI is InChI=1S/C42H66O12/c1-22(2)23(3)17-34(44)53-33-21-32-39(7)14-12-28(18-27(39)11-15-41(32,46)42(47)16-13-29(24(4)43)40(33,42)8)52-35-20-31(49-10)38(26(6)51-35)54-36-19-30(48-9)37(45)25(5)50-36/h11,17,22,25-26,28-33,35-38,45-47H,12-16,18-21H2,1-10H3/b23-17+/t25-,26-,28+,29+,30+,31+,32-,33-,35+,36+,37-,38-,39+,40+,41+,42-/m1/s1. The van der Waals surface area contributed by atoms with E-state index in [4.69, 9.17) is 33.2 Å². The number of hydrogen-bond donors (Lipinski definition) is 3. The summed E-state index contributed by atoms with van der Waals surface area (Å²) in [5, 5.41) is 36.0. The van der Waals surface area contributed by atoms with E-state index in [-0.39, 0.29) is 42.9 Å². The summed E-state index contributed by atoms with van der Waals surface area (Å²) in [6.07, 6.45) is 3.07. The summed E-state index contributed by atoms with van der Waals surface area (Å²) in [4.78, 5) is 26.5. The van der Waals surface area contributed by atoms with Crippen molar-refractivity contribution in [2.24, 2.45) is 28.6 Å². The molecule has 0 unspecified atom stereocenters. The van der Waals surface area contributed by atoms with E-state index in [1.54, 1.807) is 21.1 Å². The van der Waals surface area contributed by atoms with Gasteiger partial charge in [0, 0.05) is 50.4 Å². The van der Waals surface area contributed by atoms with Crippen LogP contribution in [-0.4, -0.2) is 114 Å². The number of aliphatic hydroxyl groups excluding tert-OH is 1. The van der Waals surface area contributed by atoms with Crippen molar-refractivity contribution in [3.8, 4) is 0 Å². The van der Waals surface area contributed by atoms with Gasteiger partial charge in [-0.2, -0.15) is 0 Å². The number of ketones is 1. The quantitative estimate of drug-likeness (QED) is 0.157. The number of rotatable bonds is 10. The SMILES string of the molecule is CO[C@H]1C[C@H](O[C@H]2[C@@H](OC)C[C@H](O[C@H]3CC[C@@]4(C)C(=CC[C@]5(O)[C@@H]4C[C@@H](OC(=O)/C=C(\C)C(C)C)[C@]4(C)[C@H](C(C)=O)CC[C@@]45O)C3)O[C@@H]2C)O[C@H](C)[C@H]1O. The van der Waals surface area contributed by atoms with Gasteiger partial charge in [-0.1, -0.05) is 44.9 Å². The van der Waals surface area contributed by atoms with E-state index in [9.17, 15) is 24.9 Å². The molecule has 6 aliphatic rings. The second-order valence-electron chi connectivity index (χ2n) is 18.0. The highest BCUT2D eigenvalue weighted by Crippen LogP contribution is 2.70. The van der Waals surface area contributed by atoms with Gasteiger partial charge in [0.15, 0.2) is 12.6 Å². The Morgan fingerprint density at radius 2 is 1.57 bits per heavy atom. The molecule has 4 aliphatic carbocycles. The molecule has 0 aromatic carbocycles. The molecule has 0 radical (unpaired) electrons. The minimum Gasteiger partial charge on any atom is -0.458 e. The van der Waals surface area contributed by atoms with E-state index in [1.807, 2.05) is 34.6 Å². The second kappa shape index (κ2) is 15.5. The van der Waals surface area contributed by atoms with Crippen LogP contribution < -0.4 is 0 Å². The molecule has 16 atom stereocenters. The van der Waals surface area contributed by atoms with Gasteiger partial charge in [0.2, 0.25) is 0 Å². The Morgan fingerprint density at radius 3 is 2.22 bits per heavy atom. The van der Waals surface area contributed by atoms with Crippen molar-refractivity contribution < 1.29 is 58.1 Å². The van der Waals surface area contributed by atoms with Crippen LogP contribution in [0.2, 0.25) is 0 Å². The zero-order valence-corrected chi connectivity index (χ0v) is 34.0. The molecule has 3 N–H and O–H groups in total. The van der Waals surface area contributed by atoms with Crippen LogP contribution in [0.4, 0.5) is 0 Å². The molecule has 2 saturated heterocycles. The molecule has 0 bridgehead atoms. The van der Waals surface area contributed by atoms with Crippen LogP contribution in [0.1, 0.15) is 113 Å². The van der Waals surface area contributed by atoms with E-state index in [1.165, 1.54) is 13.0 Å². The third kappa shape index (κ3) is 6.97. The van der Waals surface area contributed by atoms with E-state index in [2.05, 4.69) is 13.0 Å². The zero-order valence-electron chi connectivity index (χ0n) is 34.0. The van der Waals surface area contributed by atoms with E-state index < -0.39 is 82.9 Å². The molecule has 0 aromatic heterocycles. The topological polar surface area (TPSA) is 159 Å². The smallest absolute Gasteiger partial charge is 0.330 e. The number of methoxy groups -OCH3 is 2. The fraction of sp³-hybridized carbons (Fsp3) is 0.857. The molecular formula is C42H66O12. The molecule has 5 fully saturated rings. The number of ether oxygens (including phenoxy) is 7. The van der Waals surface area contributed by atoms with Crippen molar-refractivity contribution in [3.63, 3.8) is 0 Å². The lowest BCUT2D eigenvalue weighted by Gasteiger charge is -2.66. The molecular weight excluding hydrogens is 696 g/mol. The first-order valence-corrected chi connectivity index (χ1v) is 20.2. The number of aliphatic hydroxyl groups is 3. The molecule has 2 heterocycles. The van der Waals surface area contributed by atoms with Crippen molar-refractivity contribution in [3.05, 3.63) is 23.3 Å². The van der Waals surface area contributed by atoms with E-state index >= 15 is 0 Å². The lowest BCUT2D eigenvalue weighted by Crippen LogP contribution is -2.75. The van der Waals surface area contributed by atoms with Gasteiger partial charge < -0.3 is 48.5 Å². The van der Waals surface area contributed by atoms with Crippen LogP contribution in [0.5, 0.6) is 0 Å². The van der Waals surface area contributed by atoms with Gasteiger partial charge in [-0.25, -0.2) is 4.79 Å². The van der Waals surface area contributed by atoms with Gasteiger partial charge in [-0.3, -0.25) is 4.79 Å². The van der Waals surface area contributed by atoms with Gasteiger partial charge in [0.05, 0.1) is 30.5 Å². The maximum Gasteiger partial charge on any atom is 0.330 e. The summed E-state index contributed by atoms with van der Waals surface area (Å²) >= 11 is 0. The molecule has 0 spiro atoms. The second-order valence-corrected chi connectivity index (χ2v) is 18.0. The lowest BCUT2D eigenvalue weighted by molar-refractivity contribution is -0.320. The highest BCUT2D eigenvalue weighted by molar-refractivity contribution is 5.83. The Hall–Kier alpha value is -1.74. The minimum absolute atomic E-state index is 0.0642. The predicted molar refractivity (Wildman–Crippen MR) is 198 cm³/mol. The van der Waals surface area contributed by atoms with Gasteiger partial charge in [-0.05, 0) is 84.0 Å². The highest BCUT2D eigenvalue weighted by Gasteiger charge is 2.77. The molecule has 3 saturated carbocycles. The Bertz CT molecular complexity index is 1460. The maximum atomic E-state index is 13.4. The number of Topliss-reactive ketones (excluding diaryl/α,β-unsaturated/α-hetero) is 1. The zero-order chi connectivity index (χ0) is 39.5. The van der Waals surface area contributed by atoms with Crippen LogP contribution in [-0.2, 0) is 42.7 Å². The first-order valence-electron chi connectivity index (χ1n) is 20.2. The number of allylic oxidation sites excluding steroid dienone is 1. The molecule has 2 aliphatic heterocycles. The average Bonchev–Trinajstić information content (AvgIpc) is 3.41. The molecule has 0 amide bonds. The van der Waals surface area contributed by atoms with Crippen molar-refractivity contribution in [2.75, 3.05) is 14.2 Å². The Balaban J connectivity index is 1.18.